The third-order valence-electron chi connectivity index (χ3n) is 5.77. The van der Waals surface area contributed by atoms with Crippen LogP contribution in [0.4, 0.5) is 11.4 Å². The molecule has 0 aromatic heterocycles. The first-order valence-electron chi connectivity index (χ1n) is 9.79. The van der Waals surface area contributed by atoms with E-state index in [-0.39, 0.29) is 0 Å². The number of para-hydroxylation sites is 2. The van der Waals surface area contributed by atoms with Crippen molar-refractivity contribution in [3.8, 4) is 0 Å². The molecule has 0 radical (unpaired) electrons. The fraction of sp³-hybridized carbons (Fsp3) is 0.455. The van der Waals surface area contributed by atoms with Crippen molar-refractivity contribution in [3.05, 3.63) is 59.1 Å². The number of hydrogen-bond acceptors (Lipinski definition) is 3. The summed E-state index contributed by atoms with van der Waals surface area (Å²) in [5.74, 6) is 0. The van der Waals surface area contributed by atoms with E-state index < -0.39 is 0 Å². The summed E-state index contributed by atoms with van der Waals surface area (Å²) in [5, 5.41) is 0.857. The average Bonchev–Trinajstić information content (AvgIpc) is 3.20. The zero-order valence-electron chi connectivity index (χ0n) is 15.6. The molecule has 1 atom stereocenters. The van der Waals surface area contributed by atoms with Crippen molar-refractivity contribution in [1.29, 1.82) is 0 Å². The van der Waals surface area contributed by atoms with Crippen LogP contribution < -0.4 is 9.80 Å². The largest absolute Gasteiger partial charge is 0.367 e. The number of benzene rings is 2. The molecule has 0 amide bonds. The predicted octanol–water partition coefficient (Wildman–Crippen LogP) is 4.65. The Labute approximate surface area is 162 Å². The van der Waals surface area contributed by atoms with E-state index in [0.717, 1.165) is 31.2 Å². The molecule has 0 aliphatic carbocycles. The summed E-state index contributed by atoms with van der Waals surface area (Å²) in [6.45, 7) is 8.98. The quantitative estimate of drug-likeness (QED) is 0.759. The van der Waals surface area contributed by atoms with E-state index in [9.17, 15) is 0 Å². The Morgan fingerprint density at radius 3 is 2.19 bits per heavy atom. The lowest BCUT2D eigenvalue weighted by atomic mass is 10.1. The molecule has 1 fully saturated rings. The van der Waals surface area contributed by atoms with E-state index in [1.165, 1.54) is 42.9 Å². The van der Waals surface area contributed by atoms with Gasteiger partial charge in [-0.15, -0.1) is 0 Å². The third-order valence-corrected chi connectivity index (χ3v) is 6.14. The van der Waals surface area contributed by atoms with Crippen LogP contribution in [0.1, 0.15) is 25.3 Å². The van der Waals surface area contributed by atoms with Crippen LogP contribution in [-0.4, -0.2) is 43.7 Å². The maximum Gasteiger partial charge on any atom is 0.0607 e. The molecule has 0 spiro atoms. The van der Waals surface area contributed by atoms with Gasteiger partial charge in [-0.25, -0.2) is 0 Å². The van der Waals surface area contributed by atoms with Crippen molar-refractivity contribution in [3.63, 3.8) is 0 Å². The Morgan fingerprint density at radius 1 is 0.846 bits per heavy atom. The monoisotopic (exact) mass is 369 g/mol. The van der Waals surface area contributed by atoms with Crippen LogP contribution in [0.15, 0.2) is 48.5 Å². The van der Waals surface area contributed by atoms with E-state index in [1.807, 2.05) is 12.1 Å². The van der Waals surface area contributed by atoms with Gasteiger partial charge in [-0.3, -0.25) is 4.90 Å². The molecule has 2 aromatic rings. The van der Waals surface area contributed by atoms with Crippen LogP contribution >= 0.6 is 11.6 Å². The molecule has 2 heterocycles. The number of nitrogens with zero attached hydrogens (tertiary/aromatic N) is 3. The molecule has 2 aromatic carbocycles. The topological polar surface area (TPSA) is 9.72 Å². The summed E-state index contributed by atoms with van der Waals surface area (Å²) in [5.41, 5.74) is 3.88. The van der Waals surface area contributed by atoms with Gasteiger partial charge >= 0.3 is 0 Å². The number of likely N-dealkylation sites (tertiary alicyclic amines) is 1. The Balaban J connectivity index is 1.52. The summed E-state index contributed by atoms with van der Waals surface area (Å²) in [6, 6.07) is 17.6. The van der Waals surface area contributed by atoms with Gasteiger partial charge in [0.2, 0.25) is 0 Å². The molecule has 26 heavy (non-hydrogen) atoms. The minimum atomic E-state index is 0.612. The fourth-order valence-electron chi connectivity index (χ4n) is 4.28. The first-order chi connectivity index (χ1) is 12.7. The second-order valence-corrected chi connectivity index (χ2v) is 7.95. The minimum absolute atomic E-state index is 0.612. The molecular weight excluding hydrogens is 342 g/mol. The molecule has 0 N–H and O–H groups in total. The van der Waals surface area contributed by atoms with E-state index >= 15 is 0 Å². The van der Waals surface area contributed by atoms with E-state index in [1.54, 1.807) is 0 Å². The first-order valence-corrected chi connectivity index (χ1v) is 10.2. The number of fused-ring (bicyclic) bond motifs is 1. The predicted molar refractivity (Wildman–Crippen MR) is 111 cm³/mol. The Kier molecular flexibility index (Phi) is 5.37. The van der Waals surface area contributed by atoms with Gasteiger partial charge in [-0.05, 0) is 56.6 Å². The summed E-state index contributed by atoms with van der Waals surface area (Å²) >= 11 is 6.40. The summed E-state index contributed by atoms with van der Waals surface area (Å²) in [6.07, 6.45) is 2.71. The van der Waals surface area contributed by atoms with Crippen LogP contribution in [0.25, 0.3) is 0 Å². The smallest absolute Gasteiger partial charge is 0.0607 e. The van der Waals surface area contributed by atoms with Crippen molar-refractivity contribution in [2.75, 3.05) is 42.5 Å². The molecule has 2 aliphatic heterocycles. The SMILES string of the molecule is CC(CN1CCN(Cc2ccccc2Cl)c2ccccc21)N1CCCC1. The Hall–Kier alpha value is -1.71. The normalized spacial score (nSPS) is 18.8. The second-order valence-electron chi connectivity index (χ2n) is 7.54. The Morgan fingerprint density at radius 2 is 1.46 bits per heavy atom. The molecule has 4 heteroatoms. The van der Waals surface area contributed by atoms with Gasteiger partial charge in [-0.2, -0.15) is 0 Å². The molecule has 0 bridgehead atoms. The van der Waals surface area contributed by atoms with Gasteiger partial charge in [0.1, 0.15) is 0 Å². The average molecular weight is 370 g/mol. The van der Waals surface area contributed by atoms with E-state index in [0.29, 0.717) is 6.04 Å². The maximum absolute atomic E-state index is 6.40. The molecule has 1 unspecified atom stereocenters. The van der Waals surface area contributed by atoms with Crippen LogP contribution in [0, 0.1) is 0 Å². The van der Waals surface area contributed by atoms with Gasteiger partial charge < -0.3 is 9.80 Å². The van der Waals surface area contributed by atoms with Crippen LogP contribution in [0.3, 0.4) is 0 Å². The highest BCUT2D eigenvalue weighted by Crippen LogP contribution is 2.34. The molecule has 2 aliphatic rings. The van der Waals surface area contributed by atoms with Crippen molar-refractivity contribution in [2.45, 2.75) is 32.4 Å². The second kappa shape index (κ2) is 7.89. The van der Waals surface area contributed by atoms with Crippen molar-refractivity contribution in [2.24, 2.45) is 0 Å². The zero-order valence-corrected chi connectivity index (χ0v) is 16.3. The van der Waals surface area contributed by atoms with Gasteiger partial charge in [0, 0.05) is 37.2 Å². The highest BCUT2D eigenvalue weighted by Gasteiger charge is 2.26. The number of rotatable bonds is 5. The lowest BCUT2D eigenvalue weighted by Gasteiger charge is -2.41. The lowest BCUT2D eigenvalue weighted by Crippen LogP contribution is -2.47. The summed E-state index contributed by atoms with van der Waals surface area (Å²) in [4.78, 5) is 7.67. The molecule has 3 nitrogen and oxygen atoms in total. The highest BCUT2D eigenvalue weighted by molar-refractivity contribution is 6.31. The minimum Gasteiger partial charge on any atom is -0.367 e. The molecule has 0 saturated carbocycles. The fourth-order valence-corrected chi connectivity index (χ4v) is 4.48. The highest BCUT2D eigenvalue weighted by atomic mass is 35.5. The van der Waals surface area contributed by atoms with E-state index in [2.05, 4.69) is 58.0 Å². The Bertz CT molecular complexity index is 742. The molecule has 1 saturated heterocycles. The van der Waals surface area contributed by atoms with Crippen LogP contribution in [-0.2, 0) is 6.54 Å². The van der Waals surface area contributed by atoms with Crippen molar-refractivity contribution in [1.82, 2.24) is 4.90 Å². The van der Waals surface area contributed by atoms with Gasteiger partial charge in [0.05, 0.1) is 11.4 Å². The number of hydrogen-bond donors (Lipinski definition) is 0. The molecular formula is C22H28ClN3. The number of halogens is 1. The van der Waals surface area contributed by atoms with Crippen LogP contribution in [0.5, 0.6) is 0 Å². The standard InChI is InChI=1S/C22H28ClN3/c1-18(24-12-6-7-13-24)16-25-14-15-26(22-11-5-4-10-21(22)25)17-19-8-2-3-9-20(19)23/h2-5,8-11,18H,6-7,12-17H2,1H3. The maximum atomic E-state index is 6.40. The van der Waals surface area contributed by atoms with E-state index in [4.69, 9.17) is 11.6 Å². The third kappa shape index (κ3) is 3.70. The van der Waals surface area contributed by atoms with Crippen LogP contribution in [0.2, 0.25) is 5.02 Å². The first kappa shape index (κ1) is 17.7. The zero-order chi connectivity index (χ0) is 17.9. The lowest BCUT2D eigenvalue weighted by molar-refractivity contribution is 0.260. The summed E-state index contributed by atoms with van der Waals surface area (Å²) in [7, 11) is 0. The molecule has 4 rings (SSSR count). The van der Waals surface area contributed by atoms with Crippen molar-refractivity contribution < 1.29 is 0 Å². The van der Waals surface area contributed by atoms with Crippen molar-refractivity contribution >= 4 is 23.0 Å². The number of anilines is 2. The van der Waals surface area contributed by atoms with Gasteiger partial charge in [0.15, 0.2) is 0 Å². The van der Waals surface area contributed by atoms with Gasteiger partial charge in [-0.1, -0.05) is 41.9 Å². The molecule has 138 valence electrons. The summed E-state index contributed by atoms with van der Waals surface area (Å²) < 4.78 is 0. The van der Waals surface area contributed by atoms with Gasteiger partial charge in [0.25, 0.3) is 0 Å².